The average Bonchev–Trinajstić information content (AvgIpc) is 2.84. The molecule has 2 heterocycles. The molecule has 0 saturated heterocycles. The van der Waals surface area contributed by atoms with Gasteiger partial charge in [-0.05, 0) is 31.2 Å². The lowest BCUT2D eigenvalue weighted by Gasteiger charge is -2.10. The highest BCUT2D eigenvalue weighted by Crippen LogP contribution is 2.11. The summed E-state index contributed by atoms with van der Waals surface area (Å²) in [4.78, 5) is 4.27. The maximum atomic E-state index is 5.32. The van der Waals surface area contributed by atoms with Gasteiger partial charge in [-0.15, -0.1) is 0 Å². The Balaban J connectivity index is 1.76. The summed E-state index contributed by atoms with van der Waals surface area (Å²) in [6.45, 7) is 3.00. The molecule has 1 atom stereocenters. The van der Waals surface area contributed by atoms with Gasteiger partial charge >= 0.3 is 0 Å². The number of hydrogen-bond acceptors (Lipinski definition) is 3. The summed E-state index contributed by atoms with van der Waals surface area (Å²) in [6, 6.07) is 10.1. The molecule has 0 aliphatic carbocycles. The molecule has 0 radical (unpaired) electrons. The molecule has 0 bridgehead atoms. The summed E-state index contributed by atoms with van der Waals surface area (Å²) in [5.41, 5.74) is 1.11. The van der Waals surface area contributed by atoms with E-state index >= 15 is 0 Å². The Morgan fingerprint density at radius 3 is 2.94 bits per heavy atom. The normalized spacial score (nSPS) is 12.6. The number of rotatable bonds is 5. The number of pyridine rings is 1. The predicted molar refractivity (Wildman–Crippen MR) is 63.1 cm³/mol. The van der Waals surface area contributed by atoms with Gasteiger partial charge in [0, 0.05) is 24.9 Å². The number of aromatic nitrogens is 1. The van der Waals surface area contributed by atoms with Crippen molar-refractivity contribution in [3.05, 3.63) is 54.2 Å². The lowest BCUT2D eigenvalue weighted by Crippen LogP contribution is -2.21. The molecule has 0 spiro atoms. The van der Waals surface area contributed by atoms with Gasteiger partial charge in [0.1, 0.15) is 5.76 Å². The Hall–Kier alpha value is -1.61. The van der Waals surface area contributed by atoms with E-state index in [1.165, 1.54) is 0 Å². The third kappa shape index (κ3) is 2.94. The topological polar surface area (TPSA) is 38.1 Å². The van der Waals surface area contributed by atoms with Crippen molar-refractivity contribution in [1.29, 1.82) is 0 Å². The second-order valence-corrected chi connectivity index (χ2v) is 3.76. The maximum Gasteiger partial charge on any atom is 0.120 e. The third-order valence-electron chi connectivity index (χ3n) is 2.53. The predicted octanol–water partition coefficient (Wildman–Crippen LogP) is 2.57. The summed E-state index contributed by atoms with van der Waals surface area (Å²) in [6.07, 6.45) is 4.46. The van der Waals surface area contributed by atoms with Crippen LogP contribution >= 0.6 is 0 Å². The van der Waals surface area contributed by atoms with Crippen LogP contribution in [-0.2, 0) is 6.42 Å². The lowest BCUT2D eigenvalue weighted by molar-refractivity contribution is 0.432. The van der Waals surface area contributed by atoms with Gasteiger partial charge in [0.05, 0.1) is 12.3 Å². The zero-order valence-corrected chi connectivity index (χ0v) is 9.39. The van der Waals surface area contributed by atoms with Gasteiger partial charge < -0.3 is 9.73 Å². The van der Waals surface area contributed by atoms with Crippen LogP contribution in [0.1, 0.15) is 24.4 Å². The highest BCUT2D eigenvalue weighted by molar-refractivity contribution is 5.05. The second kappa shape index (κ2) is 5.47. The SMILES string of the molecule is C[C@@H](NCCc1ccccn1)c1ccco1. The van der Waals surface area contributed by atoms with Gasteiger partial charge in [0.25, 0.3) is 0 Å². The molecule has 2 aromatic rings. The van der Waals surface area contributed by atoms with Gasteiger partial charge in [-0.25, -0.2) is 0 Å². The van der Waals surface area contributed by atoms with E-state index in [9.17, 15) is 0 Å². The van der Waals surface area contributed by atoms with E-state index in [1.807, 2.05) is 36.5 Å². The molecule has 0 aliphatic heterocycles. The molecule has 84 valence electrons. The van der Waals surface area contributed by atoms with Crippen molar-refractivity contribution in [2.45, 2.75) is 19.4 Å². The van der Waals surface area contributed by atoms with Crippen LogP contribution in [0.25, 0.3) is 0 Å². The van der Waals surface area contributed by atoms with Crippen LogP contribution in [0.15, 0.2) is 47.2 Å². The van der Waals surface area contributed by atoms with E-state index in [0.717, 1.165) is 24.4 Å². The standard InChI is InChI=1S/C13H16N2O/c1-11(13-6-4-10-16-13)14-9-7-12-5-2-3-8-15-12/h2-6,8,10-11,14H,7,9H2,1H3/t11-/m1/s1. The Kier molecular flexibility index (Phi) is 3.72. The van der Waals surface area contributed by atoms with Crippen LogP contribution in [0.2, 0.25) is 0 Å². The summed E-state index contributed by atoms with van der Waals surface area (Å²) in [5.74, 6) is 0.973. The number of hydrogen-bond donors (Lipinski definition) is 1. The molecule has 16 heavy (non-hydrogen) atoms. The smallest absolute Gasteiger partial charge is 0.120 e. The fourth-order valence-corrected chi connectivity index (χ4v) is 1.60. The molecule has 0 unspecified atom stereocenters. The van der Waals surface area contributed by atoms with Crippen molar-refractivity contribution in [2.75, 3.05) is 6.54 Å². The molecule has 0 aliphatic rings. The first-order valence-electron chi connectivity index (χ1n) is 5.53. The van der Waals surface area contributed by atoms with Gasteiger partial charge in [-0.1, -0.05) is 6.07 Å². The van der Waals surface area contributed by atoms with Crippen LogP contribution in [0, 0.1) is 0 Å². The zero-order valence-electron chi connectivity index (χ0n) is 9.39. The van der Waals surface area contributed by atoms with Gasteiger partial charge in [0.2, 0.25) is 0 Å². The van der Waals surface area contributed by atoms with Crippen molar-refractivity contribution in [2.24, 2.45) is 0 Å². The molecule has 0 fully saturated rings. The van der Waals surface area contributed by atoms with Crippen LogP contribution in [-0.4, -0.2) is 11.5 Å². The van der Waals surface area contributed by atoms with Crippen molar-refractivity contribution in [3.8, 4) is 0 Å². The minimum absolute atomic E-state index is 0.249. The van der Waals surface area contributed by atoms with Crippen molar-refractivity contribution in [1.82, 2.24) is 10.3 Å². The lowest BCUT2D eigenvalue weighted by atomic mass is 10.2. The second-order valence-electron chi connectivity index (χ2n) is 3.76. The van der Waals surface area contributed by atoms with E-state index in [4.69, 9.17) is 4.42 Å². The van der Waals surface area contributed by atoms with Crippen LogP contribution in [0.3, 0.4) is 0 Å². The van der Waals surface area contributed by atoms with Gasteiger partial charge in [0.15, 0.2) is 0 Å². The quantitative estimate of drug-likeness (QED) is 0.834. The van der Waals surface area contributed by atoms with Crippen molar-refractivity contribution in [3.63, 3.8) is 0 Å². The minimum atomic E-state index is 0.249. The fourth-order valence-electron chi connectivity index (χ4n) is 1.60. The largest absolute Gasteiger partial charge is 0.468 e. The zero-order chi connectivity index (χ0) is 11.2. The van der Waals surface area contributed by atoms with E-state index in [-0.39, 0.29) is 6.04 Å². The first-order chi connectivity index (χ1) is 7.86. The monoisotopic (exact) mass is 216 g/mol. The first kappa shape index (κ1) is 10.9. The minimum Gasteiger partial charge on any atom is -0.468 e. The highest BCUT2D eigenvalue weighted by Gasteiger charge is 2.06. The highest BCUT2D eigenvalue weighted by atomic mass is 16.3. The van der Waals surface area contributed by atoms with Crippen molar-refractivity contribution >= 4 is 0 Å². The Labute approximate surface area is 95.5 Å². The molecule has 0 saturated carbocycles. The summed E-state index contributed by atoms with van der Waals surface area (Å²) in [7, 11) is 0. The van der Waals surface area contributed by atoms with E-state index in [1.54, 1.807) is 6.26 Å². The van der Waals surface area contributed by atoms with E-state index in [2.05, 4.69) is 17.2 Å². The van der Waals surface area contributed by atoms with Gasteiger partial charge in [-0.3, -0.25) is 4.98 Å². The summed E-state index contributed by atoms with van der Waals surface area (Å²) < 4.78 is 5.32. The molecule has 3 nitrogen and oxygen atoms in total. The number of nitrogens with one attached hydrogen (secondary N) is 1. The van der Waals surface area contributed by atoms with Crippen LogP contribution in [0.5, 0.6) is 0 Å². The molecule has 0 aromatic carbocycles. The van der Waals surface area contributed by atoms with Crippen LogP contribution < -0.4 is 5.32 Å². The third-order valence-corrected chi connectivity index (χ3v) is 2.53. The van der Waals surface area contributed by atoms with E-state index < -0.39 is 0 Å². The molecule has 2 rings (SSSR count). The Morgan fingerprint density at radius 2 is 2.25 bits per heavy atom. The van der Waals surface area contributed by atoms with Crippen molar-refractivity contribution < 1.29 is 4.42 Å². The Bertz CT molecular complexity index is 397. The van der Waals surface area contributed by atoms with Crippen LogP contribution in [0.4, 0.5) is 0 Å². The number of nitrogens with zero attached hydrogens (tertiary/aromatic N) is 1. The summed E-state index contributed by atoms with van der Waals surface area (Å²) in [5, 5.41) is 3.40. The average molecular weight is 216 g/mol. The molecule has 3 heteroatoms. The first-order valence-corrected chi connectivity index (χ1v) is 5.53. The molecule has 1 N–H and O–H groups in total. The summed E-state index contributed by atoms with van der Waals surface area (Å²) >= 11 is 0. The molecular formula is C13H16N2O. The van der Waals surface area contributed by atoms with Gasteiger partial charge in [-0.2, -0.15) is 0 Å². The number of furan rings is 1. The van der Waals surface area contributed by atoms with E-state index in [0.29, 0.717) is 0 Å². The maximum absolute atomic E-state index is 5.32. The molecule has 2 aromatic heterocycles. The fraction of sp³-hybridized carbons (Fsp3) is 0.308. The molecule has 0 amide bonds. The Morgan fingerprint density at radius 1 is 1.31 bits per heavy atom. The molecular weight excluding hydrogens is 200 g/mol.